The van der Waals surface area contributed by atoms with Crippen LogP contribution in [-0.2, 0) is 0 Å². The smallest absolute Gasteiger partial charge is 0.256 e. The summed E-state index contributed by atoms with van der Waals surface area (Å²) in [7, 11) is 1.98. The maximum atomic E-state index is 11.6. The molecule has 0 aliphatic rings. The lowest BCUT2D eigenvalue weighted by Crippen LogP contribution is -2.11. The first-order valence-electron chi connectivity index (χ1n) is 7.07. The molecule has 0 radical (unpaired) electrons. The van der Waals surface area contributed by atoms with Gasteiger partial charge in [0.05, 0.1) is 5.03 Å². The van der Waals surface area contributed by atoms with Crippen molar-refractivity contribution in [2.45, 2.75) is 31.7 Å². The Hall–Kier alpha value is -1.59. The predicted octanol–water partition coefficient (Wildman–Crippen LogP) is 3.21. The number of aromatic amines is 1. The summed E-state index contributed by atoms with van der Waals surface area (Å²) in [6.07, 6.45) is 2.59. The van der Waals surface area contributed by atoms with Crippen molar-refractivity contribution >= 4 is 29.1 Å². The summed E-state index contributed by atoms with van der Waals surface area (Å²) in [5.74, 6) is 0. The van der Waals surface area contributed by atoms with Crippen LogP contribution in [0.1, 0.15) is 32.3 Å². The molecular formula is C16H23N3OS. The van der Waals surface area contributed by atoms with Crippen LogP contribution in [-0.4, -0.2) is 24.3 Å². The Balaban J connectivity index is 0.000000315. The number of nitrogens with one attached hydrogen (secondary N) is 3. The van der Waals surface area contributed by atoms with Gasteiger partial charge in [0.25, 0.3) is 5.56 Å². The third kappa shape index (κ3) is 4.72. The molecule has 0 bridgehead atoms. The monoisotopic (exact) mass is 305 g/mol. The van der Waals surface area contributed by atoms with Crippen LogP contribution >= 0.6 is 12.6 Å². The summed E-state index contributed by atoms with van der Waals surface area (Å²) < 4.78 is 0. The third-order valence-electron chi connectivity index (χ3n) is 3.07. The highest BCUT2D eigenvalue weighted by atomic mass is 32.1. The summed E-state index contributed by atoms with van der Waals surface area (Å²) in [6, 6.07) is 7.23. The van der Waals surface area contributed by atoms with Gasteiger partial charge in [0.15, 0.2) is 0 Å². The number of hydrogen-bond donors (Lipinski definition) is 4. The maximum Gasteiger partial charge on any atom is 0.256 e. The van der Waals surface area contributed by atoms with Crippen molar-refractivity contribution in [3.05, 3.63) is 40.2 Å². The molecule has 5 heteroatoms. The molecule has 2 rings (SSSR count). The van der Waals surface area contributed by atoms with Gasteiger partial charge in [-0.2, -0.15) is 0 Å². The van der Waals surface area contributed by atoms with E-state index in [1.54, 1.807) is 19.1 Å². The van der Waals surface area contributed by atoms with Gasteiger partial charge in [0.2, 0.25) is 0 Å². The van der Waals surface area contributed by atoms with Crippen molar-refractivity contribution in [2.24, 2.45) is 0 Å². The minimum atomic E-state index is -0.166. The number of thiol groups is 1. The van der Waals surface area contributed by atoms with Gasteiger partial charge in [-0.15, -0.1) is 12.6 Å². The summed E-state index contributed by atoms with van der Waals surface area (Å²) in [4.78, 5) is 14.2. The van der Waals surface area contributed by atoms with E-state index >= 15 is 0 Å². The van der Waals surface area contributed by atoms with Gasteiger partial charge < -0.3 is 15.7 Å². The molecular weight excluding hydrogens is 282 g/mol. The van der Waals surface area contributed by atoms with Gasteiger partial charge in [-0.25, -0.2) is 0 Å². The first-order valence-corrected chi connectivity index (χ1v) is 7.51. The Bertz CT molecular complexity index is 660. The largest absolute Gasteiger partial charge is 0.320 e. The van der Waals surface area contributed by atoms with Crippen molar-refractivity contribution in [1.29, 1.82) is 5.41 Å². The number of pyridine rings is 1. The second-order valence-corrected chi connectivity index (χ2v) is 5.25. The summed E-state index contributed by atoms with van der Waals surface area (Å²) >= 11 is 4.19. The lowest BCUT2D eigenvalue weighted by Gasteiger charge is -2.07. The molecule has 2 aromatic rings. The van der Waals surface area contributed by atoms with Crippen molar-refractivity contribution in [3.63, 3.8) is 0 Å². The van der Waals surface area contributed by atoms with Gasteiger partial charge in [0.1, 0.15) is 0 Å². The first-order chi connectivity index (χ1) is 10.0. The van der Waals surface area contributed by atoms with Crippen molar-refractivity contribution in [1.82, 2.24) is 10.3 Å². The normalized spacial score (nSPS) is 10.1. The van der Waals surface area contributed by atoms with Crippen molar-refractivity contribution < 1.29 is 0 Å². The van der Waals surface area contributed by atoms with E-state index in [9.17, 15) is 4.79 Å². The topological polar surface area (TPSA) is 68.7 Å². The molecule has 0 aliphatic carbocycles. The minimum Gasteiger partial charge on any atom is -0.320 e. The molecule has 0 atom stereocenters. The molecule has 1 heterocycles. The molecule has 0 fully saturated rings. The molecule has 4 nitrogen and oxygen atoms in total. The molecule has 0 spiro atoms. The lowest BCUT2D eigenvalue weighted by molar-refractivity contribution is 0.711. The minimum absolute atomic E-state index is 0.166. The molecule has 3 N–H and O–H groups in total. The number of unbranched alkanes of at least 4 members (excludes halogenated alkanes) is 1. The fourth-order valence-electron chi connectivity index (χ4n) is 2.00. The summed E-state index contributed by atoms with van der Waals surface area (Å²) in [5.41, 5.74) is 0.918. The van der Waals surface area contributed by atoms with Crippen LogP contribution in [0.2, 0.25) is 0 Å². The number of hydrogen-bond acceptors (Lipinski definition) is 4. The van der Waals surface area contributed by atoms with Crippen molar-refractivity contribution in [2.75, 3.05) is 13.6 Å². The van der Waals surface area contributed by atoms with Gasteiger partial charge in [-0.05, 0) is 38.4 Å². The van der Waals surface area contributed by atoms with E-state index in [0.29, 0.717) is 21.7 Å². The molecule has 21 heavy (non-hydrogen) atoms. The molecule has 0 saturated carbocycles. The van der Waals surface area contributed by atoms with E-state index < -0.39 is 0 Å². The zero-order chi connectivity index (χ0) is 15.8. The number of benzene rings is 1. The van der Waals surface area contributed by atoms with E-state index in [4.69, 9.17) is 5.41 Å². The zero-order valence-corrected chi connectivity index (χ0v) is 13.7. The average Bonchev–Trinajstić information content (AvgIpc) is 2.45. The van der Waals surface area contributed by atoms with Crippen LogP contribution in [0.4, 0.5) is 0 Å². The highest BCUT2D eigenvalue weighted by Crippen LogP contribution is 2.20. The van der Waals surface area contributed by atoms with Crippen LogP contribution in [0, 0.1) is 5.41 Å². The molecule has 1 aromatic carbocycles. The Morgan fingerprint density at radius 1 is 1.33 bits per heavy atom. The van der Waals surface area contributed by atoms with Gasteiger partial charge in [-0.1, -0.05) is 31.5 Å². The zero-order valence-electron chi connectivity index (χ0n) is 12.8. The third-order valence-corrected chi connectivity index (χ3v) is 3.40. The van der Waals surface area contributed by atoms with E-state index in [1.807, 2.05) is 19.2 Å². The summed E-state index contributed by atoms with van der Waals surface area (Å²) in [5, 5.41) is 12.5. The average molecular weight is 305 g/mol. The second-order valence-electron chi connectivity index (χ2n) is 4.81. The second kappa shape index (κ2) is 8.64. The summed E-state index contributed by atoms with van der Waals surface area (Å²) in [6.45, 7) is 5.04. The maximum absolute atomic E-state index is 11.6. The van der Waals surface area contributed by atoms with E-state index in [1.165, 1.54) is 12.8 Å². The highest BCUT2D eigenvalue weighted by Gasteiger charge is 2.09. The first kappa shape index (κ1) is 17.5. The van der Waals surface area contributed by atoms with E-state index in [-0.39, 0.29) is 5.56 Å². The highest BCUT2D eigenvalue weighted by molar-refractivity contribution is 7.80. The van der Waals surface area contributed by atoms with Crippen molar-refractivity contribution in [3.8, 4) is 0 Å². The van der Waals surface area contributed by atoms with Crippen LogP contribution in [0.5, 0.6) is 0 Å². The Labute approximate surface area is 130 Å². The van der Waals surface area contributed by atoms with Gasteiger partial charge in [0, 0.05) is 16.7 Å². The lowest BCUT2D eigenvalue weighted by atomic mass is 10.0. The fourth-order valence-corrected chi connectivity index (χ4v) is 2.39. The quantitative estimate of drug-likeness (QED) is 0.398. The number of aromatic nitrogens is 1. The van der Waals surface area contributed by atoms with E-state index in [2.05, 4.69) is 29.9 Å². The molecule has 114 valence electrons. The van der Waals surface area contributed by atoms with Gasteiger partial charge in [-0.3, -0.25) is 4.79 Å². The molecule has 0 saturated heterocycles. The van der Waals surface area contributed by atoms with Gasteiger partial charge >= 0.3 is 0 Å². The van der Waals surface area contributed by atoms with Crippen LogP contribution in [0.3, 0.4) is 0 Å². The Morgan fingerprint density at radius 2 is 1.95 bits per heavy atom. The fraction of sp³-hybridized carbons (Fsp3) is 0.375. The molecule has 0 unspecified atom stereocenters. The SMILES string of the molecule is CC(=N)c1c(S)[nH]c(=O)c2ccccc12.CCCCNC. The van der Waals surface area contributed by atoms with Crippen LogP contribution in [0.15, 0.2) is 34.1 Å². The number of H-pyrrole nitrogens is 1. The standard InChI is InChI=1S/C11H10N2OS.C5H13N/c1-6(12)9-7-4-2-3-5-8(7)10(14)13-11(9)15;1-3-4-5-6-2/h2-5,12H,1H3,(H2,13,14,15);6H,3-5H2,1-2H3. The number of rotatable bonds is 4. The Morgan fingerprint density at radius 3 is 2.43 bits per heavy atom. The number of fused-ring (bicyclic) bond motifs is 1. The van der Waals surface area contributed by atoms with E-state index in [0.717, 1.165) is 11.9 Å². The molecule has 1 aromatic heterocycles. The predicted molar refractivity (Wildman–Crippen MR) is 93.2 cm³/mol. The van der Waals surface area contributed by atoms with Crippen LogP contribution in [0.25, 0.3) is 10.8 Å². The molecule has 0 aliphatic heterocycles. The molecule has 0 amide bonds. The Kier molecular flexibility index (Phi) is 7.19. The van der Waals surface area contributed by atoms with Crippen LogP contribution < -0.4 is 10.9 Å².